The smallest absolute Gasteiger partial charge is 0.270 e. The molecule has 1 unspecified atom stereocenters. The molecule has 0 radical (unpaired) electrons. The van der Waals surface area contributed by atoms with E-state index in [2.05, 4.69) is 10.6 Å². The van der Waals surface area contributed by atoms with Crippen molar-refractivity contribution in [1.82, 2.24) is 10.6 Å². The van der Waals surface area contributed by atoms with Crippen LogP contribution in [0.3, 0.4) is 0 Å². The molecule has 0 fully saturated rings. The number of halogens is 2. The Labute approximate surface area is 206 Å². The Balaban J connectivity index is 1.85. The first-order valence-electron chi connectivity index (χ1n) is 11.8. The van der Waals surface area contributed by atoms with Gasteiger partial charge in [0.05, 0.1) is 14.2 Å². The van der Waals surface area contributed by atoms with Crippen LogP contribution < -0.4 is 20.1 Å². The monoisotopic (exact) mass is 484 g/mol. The molecular formula is C28H34F2N2O3. The molecule has 1 aliphatic carbocycles. The molecular weight excluding hydrogens is 450 g/mol. The average Bonchev–Trinajstić information content (AvgIpc) is 2.88. The number of carbonyl (C=O) groups is 1. The van der Waals surface area contributed by atoms with E-state index in [1.165, 1.54) is 6.08 Å². The number of hydrogen-bond donors (Lipinski definition) is 2. The zero-order valence-corrected chi connectivity index (χ0v) is 20.7. The number of methoxy groups -OCH3 is 2. The average molecular weight is 485 g/mol. The first-order chi connectivity index (χ1) is 16.8. The molecule has 3 atom stereocenters. The van der Waals surface area contributed by atoms with Crippen LogP contribution in [0, 0.1) is 5.92 Å². The highest BCUT2D eigenvalue weighted by atomic mass is 19.3. The van der Waals surface area contributed by atoms with Gasteiger partial charge in [0.1, 0.15) is 6.04 Å². The molecule has 0 aromatic heterocycles. The van der Waals surface area contributed by atoms with E-state index in [0.29, 0.717) is 24.3 Å². The number of allylic oxidation sites excluding steroid dienone is 4. The van der Waals surface area contributed by atoms with Crippen LogP contribution in [-0.4, -0.2) is 33.1 Å². The molecule has 1 amide bonds. The minimum absolute atomic E-state index is 0.0621. The molecule has 0 heterocycles. The third kappa shape index (κ3) is 6.92. The number of likely N-dealkylation sites (N-methyl/N-ethyl adjacent to an activating group) is 1. The summed E-state index contributed by atoms with van der Waals surface area (Å²) in [7, 11) is 4.79. The largest absolute Gasteiger partial charge is 0.493 e. The number of carbonyl (C=O) groups excluding carboxylic acids is 1. The Morgan fingerprint density at radius 1 is 1.09 bits per heavy atom. The van der Waals surface area contributed by atoms with E-state index >= 15 is 0 Å². The molecule has 0 saturated carbocycles. The maximum absolute atomic E-state index is 13.6. The van der Waals surface area contributed by atoms with Gasteiger partial charge in [-0.3, -0.25) is 10.1 Å². The zero-order valence-electron chi connectivity index (χ0n) is 20.7. The molecule has 2 aromatic rings. The maximum Gasteiger partial charge on any atom is 0.270 e. The number of alkyl halides is 2. The Morgan fingerprint density at radius 3 is 2.37 bits per heavy atom. The van der Waals surface area contributed by atoms with Crippen molar-refractivity contribution in [3.05, 3.63) is 83.5 Å². The minimum Gasteiger partial charge on any atom is -0.493 e. The Kier molecular flexibility index (Phi) is 9.04. The molecule has 1 aliphatic rings. The summed E-state index contributed by atoms with van der Waals surface area (Å²) in [6.45, 7) is 0.920. The van der Waals surface area contributed by atoms with Crippen LogP contribution in [0.1, 0.15) is 49.4 Å². The van der Waals surface area contributed by atoms with Crippen LogP contribution in [0.4, 0.5) is 8.78 Å². The van der Waals surface area contributed by atoms with Crippen molar-refractivity contribution >= 4 is 5.91 Å². The molecule has 0 saturated heterocycles. The van der Waals surface area contributed by atoms with Gasteiger partial charge in [0.2, 0.25) is 5.91 Å². The number of ether oxygens (including phenoxy) is 2. The van der Waals surface area contributed by atoms with E-state index in [0.717, 1.165) is 24.5 Å². The first kappa shape index (κ1) is 26.4. The third-order valence-corrected chi connectivity index (χ3v) is 6.34. The molecule has 2 aromatic carbocycles. The summed E-state index contributed by atoms with van der Waals surface area (Å²) in [4.78, 5) is 12.8. The van der Waals surface area contributed by atoms with Gasteiger partial charge in [-0.1, -0.05) is 54.6 Å². The number of rotatable bonds is 11. The van der Waals surface area contributed by atoms with E-state index in [-0.39, 0.29) is 23.4 Å². The summed E-state index contributed by atoms with van der Waals surface area (Å²) in [6, 6.07) is 14.5. The van der Waals surface area contributed by atoms with Gasteiger partial charge in [0.15, 0.2) is 11.5 Å². The Bertz CT molecular complexity index is 1050. The predicted octanol–water partition coefficient (Wildman–Crippen LogP) is 5.76. The van der Waals surface area contributed by atoms with Crippen molar-refractivity contribution in [2.75, 3.05) is 21.3 Å². The molecule has 0 spiro atoms. The molecule has 2 N–H and O–H groups in total. The lowest BCUT2D eigenvalue weighted by Gasteiger charge is -2.28. The van der Waals surface area contributed by atoms with Crippen LogP contribution in [0.5, 0.6) is 11.5 Å². The number of hydrogen-bond acceptors (Lipinski definition) is 4. The number of benzene rings is 2. The molecule has 5 nitrogen and oxygen atoms in total. The Hall–Kier alpha value is -3.19. The van der Waals surface area contributed by atoms with Crippen LogP contribution in [0.2, 0.25) is 0 Å². The van der Waals surface area contributed by atoms with E-state index in [9.17, 15) is 13.6 Å². The molecule has 3 rings (SSSR count). The van der Waals surface area contributed by atoms with Crippen molar-refractivity contribution in [3.8, 4) is 11.5 Å². The fraction of sp³-hybridized carbons (Fsp3) is 0.393. The second-order valence-corrected chi connectivity index (χ2v) is 8.77. The van der Waals surface area contributed by atoms with Gasteiger partial charge < -0.3 is 14.8 Å². The van der Waals surface area contributed by atoms with Gasteiger partial charge in [-0.15, -0.1) is 0 Å². The van der Waals surface area contributed by atoms with Gasteiger partial charge in [0.25, 0.3) is 5.92 Å². The van der Waals surface area contributed by atoms with E-state index < -0.39 is 12.0 Å². The van der Waals surface area contributed by atoms with Crippen molar-refractivity contribution in [3.63, 3.8) is 0 Å². The highest BCUT2D eigenvalue weighted by Crippen LogP contribution is 2.35. The van der Waals surface area contributed by atoms with Crippen molar-refractivity contribution < 1.29 is 23.0 Å². The fourth-order valence-corrected chi connectivity index (χ4v) is 4.32. The van der Waals surface area contributed by atoms with Crippen LogP contribution in [-0.2, 0) is 4.79 Å². The maximum atomic E-state index is 13.6. The quantitative estimate of drug-likeness (QED) is 0.426. The second kappa shape index (κ2) is 12.0. The summed E-state index contributed by atoms with van der Waals surface area (Å²) >= 11 is 0. The number of nitrogens with one attached hydrogen (secondary N) is 2. The molecule has 35 heavy (non-hydrogen) atoms. The number of amides is 1. The van der Waals surface area contributed by atoms with Crippen LogP contribution in [0.15, 0.2) is 72.3 Å². The Morgan fingerprint density at radius 2 is 1.80 bits per heavy atom. The van der Waals surface area contributed by atoms with Crippen molar-refractivity contribution in [1.29, 1.82) is 0 Å². The topological polar surface area (TPSA) is 59.6 Å². The summed E-state index contributed by atoms with van der Waals surface area (Å²) < 4.78 is 38.1. The molecule has 188 valence electrons. The van der Waals surface area contributed by atoms with Gasteiger partial charge in [-0.2, -0.15) is 0 Å². The lowest BCUT2D eigenvalue weighted by molar-refractivity contribution is -0.123. The molecule has 7 heteroatoms. The minimum atomic E-state index is -2.83. The van der Waals surface area contributed by atoms with E-state index in [1.54, 1.807) is 27.3 Å². The fourth-order valence-electron chi connectivity index (χ4n) is 4.32. The zero-order chi connectivity index (χ0) is 25.4. The summed E-state index contributed by atoms with van der Waals surface area (Å²) in [5.41, 5.74) is 1.86. The van der Waals surface area contributed by atoms with Crippen LogP contribution >= 0.6 is 0 Å². The van der Waals surface area contributed by atoms with Crippen LogP contribution in [0.25, 0.3) is 0 Å². The van der Waals surface area contributed by atoms with Gasteiger partial charge in [-0.25, -0.2) is 8.78 Å². The van der Waals surface area contributed by atoms with E-state index in [4.69, 9.17) is 9.47 Å². The molecule has 0 bridgehead atoms. The normalized spacial score (nSPS) is 17.3. The lowest BCUT2D eigenvalue weighted by atomic mass is 9.88. The lowest BCUT2D eigenvalue weighted by Crippen LogP contribution is -2.38. The predicted molar refractivity (Wildman–Crippen MR) is 134 cm³/mol. The summed E-state index contributed by atoms with van der Waals surface area (Å²) in [5.74, 6) is -1.61. The van der Waals surface area contributed by atoms with E-state index in [1.807, 2.05) is 54.6 Å². The van der Waals surface area contributed by atoms with Crippen molar-refractivity contribution in [2.24, 2.45) is 5.92 Å². The summed E-state index contributed by atoms with van der Waals surface area (Å²) in [5, 5.41) is 6.28. The van der Waals surface area contributed by atoms with Gasteiger partial charge in [0, 0.05) is 25.6 Å². The van der Waals surface area contributed by atoms with Gasteiger partial charge in [-0.05, 0) is 48.4 Å². The molecule has 0 aliphatic heterocycles. The standard InChI is InChI=1S/C28H34F2N2O3/c1-28(29,30)22-14-10-19(11-15-22)12-16-23(21-13-17-24(34-3)25(18-21)35-4)32-26(27(33)31-2)20-8-6-5-7-9-20/h5-10,13-15,17-19,23,26,32H,11-12,16H2,1-4H3,(H,31,33)/t19?,23-,26+/m0/s1. The first-order valence-corrected chi connectivity index (χ1v) is 11.8. The SMILES string of the molecule is CNC(=O)[C@H](N[C@@H](CCC1C=CC(C(C)(F)F)=CC1)c1ccc(OC)c(OC)c1)c1ccccc1. The summed E-state index contributed by atoms with van der Waals surface area (Å²) in [6.07, 6.45) is 7.04. The van der Waals surface area contributed by atoms with Gasteiger partial charge >= 0.3 is 0 Å². The highest BCUT2D eigenvalue weighted by Gasteiger charge is 2.28. The second-order valence-electron chi connectivity index (χ2n) is 8.77. The third-order valence-electron chi connectivity index (χ3n) is 6.34. The van der Waals surface area contributed by atoms with Crippen molar-refractivity contribution in [2.45, 2.75) is 44.2 Å². The highest BCUT2D eigenvalue weighted by molar-refractivity contribution is 5.83.